The molecule has 0 aromatic rings. The summed E-state index contributed by atoms with van der Waals surface area (Å²) in [7, 11) is 0. The molecule has 56 valence electrons. The molecule has 0 saturated carbocycles. The van der Waals surface area contributed by atoms with E-state index < -0.39 is 0 Å². The van der Waals surface area contributed by atoms with Crippen molar-refractivity contribution in [3.8, 4) is 0 Å². The molecule has 2 N–H and O–H groups in total. The zero-order chi connectivity index (χ0) is 7.11. The Hall–Kier alpha value is -0.460. The van der Waals surface area contributed by atoms with Gasteiger partial charge >= 0.3 is 0 Å². The molecule has 1 nitrogen and oxygen atoms in total. The van der Waals surface area contributed by atoms with Crippen LogP contribution in [0.2, 0.25) is 0 Å². The predicted octanol–water partition coefficient (Wildman–Crippen LogP) is 2.68. The van der Waals surface area contributed by atoms with Crippen LogP contribution in [-0.2, 0) is 0 Å². The van der Waals surface area contributed by atoms with E-state index in [-0.39, 0.29) is 1.43 Å². The summed E-state index contributed by atoms with van der Waals surface area (Å²) >= 11 is 0. The molecular formula is C8H19N. The van der Waals surface area contributed by atoms with E-state index in [2.05, 4.69) is 13.5 Å². The molecule has 0 spiro atoms. The maximum Gasteiger partial charge on any atom is 0.000744 e. The van der Waals surface area contributed by atoms with Gasteiger partial charge in [0.05, 0.1) is 0 Å². The van der Waals surface area contributed by atoms with E-state index in [1.807, 2.05) is 0 Å². The van der Waals surface area contributed by atoms with E-state index in [0.29, 0.717) is 0 Å². The maximum absolute atomic E-state index is 5.38. The number of rotatable bonds is 5. The van der Waals surface area contributed by atoms with Crippen molar-refractivity contribution in [1.82, 2.24) is 0 Å². The Labute approximate surface area is 59.4 Å². The second kappa shape index (κ2) is 5.67. The Balaban J connectivity index is 0. The smallest absolute Gasteiger partial charge is 0.000744 e. The molecule has 0 unspecified atom stereocenters. The van der Waals surface area contributed by atoms with E-state index in [1.165, 1.54) is 25.7 Å². The SMILES string of the molecule is C=C(N)CCCCCC.[HH]. The van der Waals surface area contributed by atoms with Gasteiger partial charge in [-0.05, 0) is 12.8 Å². The van der Waals surface area contributed by atoms with Gasteiger partial charge in [0.15, 0.2) is 0 Å². The molecule has 0 aliphatic carbocycles. The quantitative estimate of drug-likeness (QED) is 0.567. The van der Waals surface area contributed by atoms with Crippen molar-refractivity contribution in [1.29, 1.82) is 0 Å². The van der Waals surface area contributed by atoms with E-state index in [0.717, 1.165) is 12.1 Å². The molecule has 0 amide bonds. The summed E-state index contributed by atoms with van der Waals surface area (Å²) < 4.78 is 0. The van der Waals surface area contributed by atoms with Crippen LogP contribution in [0.4, 0.5) is 0 Å². The highest BCUT2D eigenvalue weighted by molar-refractivity contribution is 4.84. The van der Waals surface area contributed by atoms with Gasteiger partial charge in [0.1, 0.15) is 0 Å². The van der Waals surface area contributed by atoms with Crippen molar-refractivity contribution >= 4 is 0 Å². The molecular weight excluding hydrogens is 110 g/mol. The Bertz CT molecular complexity index is 81.3. The minimum atomic E-state index is 0. The van der Waals surface area contributed by atoms with Gasteiger partial charge in [-0.3, -0.25) is 0 Å². The van der Waals surface area contributed by atoms with Crippen LogP contribution in [0.3, 0.4) is 0 Å². The average molecular weight is 129 g/mol. The molecule has 0 rings (SSSR count). The number of unbranched alkanes of at least 4 members (excludes halogenated alkanes) is 3. The molecule has 0 radical (unpaired) electrons. The topological polar surface area (TPSA) is 26.0 Å². The maximum atomic E-state index is 5.38. The van der Waals surface area contributed by atoms with Crippen LogP contribution in [0.25, 0.3) is 0 Å². The Morgan fingerprint density at radius 2 is 2.11 bits per heavy atom. The first-order valence-electron chi connectivity index (χ1n) is 3.70. The van der Waals surface area contributed by atoms with Crippen molar-refractivity contribution < 1.29 is 1.43 Å². The van der Waals surface area contributed by atoms with Gasteiger partial charge in [0.25, 0.3) is 0 Å². The van der Waals surface area contributed by atoms with Crippen LogP contribution >= 0.6 is 0 Å². The third-order valence-electron chi connectivity index (χ3n) is 1.35. The molecule has 0 aromatic heterocycles. The largest absolute Gasteiger partial charge is 0.403 e. The molecule has 0 aromatic carbocycles. The first kappa shape index (κ1) is 8.54. The number of allylic oxidation sites excluding steroid dienone is 1. The summed E-state index contributed by atoms with van der Waals surface area (Å²) in [5.74, 6) is 0. The summed E-state index contributed by atoms with van der Waals surface area (Å²) in [6.45, 7) is 5.84. The van der Waals surface area contributed by atoms with Crippen molar-refractivity contribution in [2.45, 2.75) is 39.0 Å². The number of nitrogens with two attached hydrogens (primary N) is 1. The van der Waals surface area contributed by atoms with Crippen LogP contribution < -0.4 is 5.73 Å². The second-order valence-corrected chi connectivity index (χ2v) is 2.47. The van der Waals surface area contributed by atoms with Crippen molar-refractivity contribution in [2.75, 3.05) is 0 Å². The average Bonchev–Trinajstić information content (AvgIpc) is 1.80. The monoisotopic (exact) mass is 129 g/mol. The lowest BCUT2D eigenvalue weighted by molar-refractivity contribution is 0.663. The molecule has 1 heteroatoms. The summed E-state index contributed by atoms with van der Waals surface area (Å²) in [5.41, 5.74) is 6.21. The van der Waals surface area contributed by atoms with Crippen molar-refractivity contribution in [3.05, 3.63) is 12.3 Å². The molecule has 0 saturated heterocycles. The van der Waals surface area contributed by atoms with Gasteiger partial charge in [-0.2, -0.15) is 0 Å². The minimum Gasteiger partial charge on any atom is -0.403 e. The molecule has 9 heavy (non-hydrogen) atoms. The minimum absolute atomic E-state index is 0. The van der Waals surface area contributed by atoms with Crippen molar-refractivity contribution in [2.24, 2.45) is 5.73 Å². The van der Waals surface area contributed by atoms with Gasteiger partial charge < -0.3 is 5.73 Å². The number of hydrogen-bond acceptors (Lipinski definition) is 1. The third kappa shape index (κ3) is 7.54. The Morgan fingerprint density at radius 3 is 2.56 bits per heavy atom. The van der Waals surface area contributed by atoms with Gasteiger partial charge in [-0.25, -0.2) is 0 Å². The highest BCUT2D eigenvalue weighted by Gasteiger charge is 1.87. The van der Waals surface area contributed by atoms with E-state index in [4.69, 9.17) is 5.73 Å². The van der Waals surface area contributed by atoms with Crippen LogP contribution in [0.15, 0.2) is 12.3 Å². The summed E-state index contributed by atoms with van der Waals surface area (Å²) in [4.78, 5) is 0. The fourth-order valence-corrected chi connectivity index (χ4v) is 0.779. The highest BCUT2D eigenvalue weighted by atomic mass is 14.5. The molecule has 0 fully saturated rings. The van der Waals surface area contributed by atoms with Gasteiger partial charge in [-0.15, -0.1) is 0 Å². The Kier molecular flexibility index (Phi) is 5.38. The fraction of sp³-hybridized carbons (Fsp3) is 0.750. The fourth-order valence-electron chi connectivity index (χ4n) is 0.779. The molecule has 0 aliphatic rings. The zero-order valence-corrected chi connectivity index (χ0v) is 6.32. The highest BCUT2D eigenvalue weighted by Crippen LogP contribution is 2.04. The van der Waals surface area contributed by atoms with Gasteiger partial charge in [0, 0.05) is 7.12 Å². The standard InChI is InChI=1S/C8H17N.H2/c1-3-4-5-6-7-8(2)9;/h2-7,9H2,1H3;1H. The lowest BCUT2D eigenvalue weighted by Crippen LogP contribution is -1.93. The predicted molar refractivity (Wildman–Crippen MR) is 44.2 cm³/mol. The number of hydrogen-bond donors (Lipinski definition) is 1. The molecule has 0 heterocycles. The second-order valence-electron chi connectivity index (χ2n) is 2.47. The normalized spacial score (nSPS) is 9.44. The first-order valence-corrected chi connectivity index (χ1v) is 3.70. The van der Waals surface area contributed by atoms with E-state index in [9.17, 15) is 0 Å². The lowest BCUT2D eigenvalue weighted by atomic mass is 10.1. The zero-order valence-electron chi connectivity index (χ0n) is 6.32. The molecule has 0 atom stereocenters. The lowest BCUT2D eigenvalue weighted by Gasteiger charge is -1.97. The van der Waals surface area contributed by atoms with Crippen molar-refractivity contribution in [3.63, 3.8) is 0 Å². The van der Waals surface area contributed by atoms with Crippen LogP contribution in [0, 0.1) is 0 Å². The summed E-state index contributed by atoms with van der Waals surface area (Å²) in [6.07, 6.45) is 6.13. The van der Waals surface area contributed by atoms with E-state index in [1.54, 1.807) is 0 Å². The summed E-state index contributed by atoms with van der Waals surface area (Å²) in [6, 6.07) is 0. The van der Waals surface area contributed by atoms with E-state index >= 15 is 0 Å². The van der Waals surface area contributed by atoms with Crippen LogP contribution in [0.1, 0.15) is 40.5 Å². The van der Waals surface area contributed by atoms with Gasteiger partial charge in [0.2, 0.25) is 0 Å². The van der Waals surface area contributed by atoms with Crippen LogP contribution in [0.5, 0.6) is 0 Å². The first-order chi connectivity index (χ1) is 4.27. The molecule has 0 bridgehead atoms. The Morgan fingerprint density at radius 1 is 1.44 bits per heavy atom. The van der Waals surface area contributed by atoms with Gasteiger partial charge in [-0.1, -0.05) is 32.8 Å². The van der Waals surface area contributed by atoms with Crippen LogP contribution in [-0.4, -0.2) is 0 Å². The third-order valence-corrected chi connectivity index (χ3v) is 1.35. The molecule has 0 aliphatic heterocycles. The summed E-state index contributed by atoms with van der Waals surface area (Å²) in [5, 5.41) is 0.